The molecule has 3 nitrogen and oxygen atoms in total. The molecule has 3 N–H and O–H groups in total. The summed E-state index contributed by atoms with van der Waals surface area (Å²) < 4.78 is 13.0. The maximum Gasteiger partial charge on any atom is 0.123 e. The molecule has 2 unspecified atom stereocenters. The first-order chi connectivity index (χ1) is 8.66. The highest BCUT2D eigenvalue weighted by Gasteiger charge is 2.22. The van der Waals surface area contributed by atoms with Gasteiger partial charge in [0.25, 0.3) is 0 Å². The highest BCUT2D eigenvalue weighted by molar-refractivity contribution is 5.32. The Morgan fingerprint density at radius 1 is 1.28 bits per heavy atom. The topological polar surface area (TPSA) is 52.5 Å². The van der Waals surface area contributed by atoms with Crippen molar-refractivity contribution in [2.24, 2.45) is 5.92 Å². The summed E-state index contributed by atoms with van der Waals surface area (Å²) in [5.74, 6) is 0.0323. The lowest BCUT2D eigenvalue weighted by molar-refractivity contribution is 0.0695. The summed E-state index contributed by atoms with van der Waals surface area (Å²) in [6.45, 7) is 1.13. The van der Waals surface area contributed by atoms with E-state index in [1.54, 1.807) is 0 Å². The van der Waals surface area contributed by atoms with Gasteiger partial charge in [-0.3, -0.25) is 0 Å². The van der Waals surface area contributed by atoms with Gasteiger partial charge in [-0.1, -0.05) is 12.8 Å². The number of phenolic OH excluding ortho intramolecular Hbond substituents is 1. The van der Waals surface area contributed by atoms with Crippen molar-refractivity contribution >= 4 is 0 Å². The summed E-state index contributed by atoms with van der Waals surface area (Å²) in [5, 5.41) is 22.6. The van der Waals surface area contributed by atoms with E-state index in [-0.39, 0.29) is 23.6 Å². The Balaban J connectivity index is 1.82. The molecule has 100 valence electrons. The van der Waals surface area contributed by atoms with Crippen molar-refractivity contribution in [1.82, 2.24) is 5.32 Å². The molecule has 1 aromatic rings. The largest absolute Gasteiger partial charge is 0.508 e. The smallest absolute Gasteiger partial charge is 0.123 e. The zero-order valence-electron chi connectivity index (χ0n) is 10.4. The second-order valence-electron chi connectivity index (χ2n) is 5.02. The quantitative estimate of drug-likeness (QED) is 0.771. The third-order valence-electron chi connectivity index (χ3n) is 3.63. The lowest BCUT2D eigenvalue weighted by Crippen LogP contribution is -2.33. The second-order valence-corrected chi connectivity index (χ2v) is 5.02. The van der Waals surface area contributed by atoms with Gasteiger partial charge in [0.2, 0.25) is 0 Å². The van der Waals surface area contributed by atoms with E-state index in [2.05, 4.69) is 5.32 Å². The standard InChI is InChI=1S/C14H20FNO2/c15-12-5-6-14(18)11(7-12)9-16-8-10-3-1-2-4-13(10)17/h5-7,10,13,16-18H,1-4,8-9H2. The van der Waals surface area contributed by atoms with Crippen LogP contribution in [0.1, 0.15) is 31.2 Å². The van der Waals surface area contributed by atoms with Crippen molar-refractivity contribution in [3.05, 3.63) is 29.6 Å². The van der Waals surface area contributed by atoms with Crippen LogP contribution in [0.15, 0.2) is 18.2 Å². The Kier molecular flexibility index (Phi) is 4.55. The van der Waals surface area contributed by atoms with E-state index in [1.807, 2.05) is 0 Å². The van der Waals surface area contributed by atoms with Crippen molar-refractivity contribution in [1.29, 1.82) is 0 Å². The molecule has 0 amide bonds. The molecule has 2 rings (SSSR count). The van der Waals surface area contributed by atoms with E-state index in [0.29, 0.717) is 18.7 Å². The fraction of sp³-hybridized carbons (Fsp3) is 0.571. The van der Waals surface area contributed by atoms with Gasteiger partial charge >= 0.3 is 0 Å². The Bertz CT molecular complexity index is 397. The average molecular weight is 253 g/mol. The summed E-state index contributed by atoms with van der Waals surface area (Å²) in [7, 11) is 0. The summed E-state index contributed by atoms with van der Waals surface area (Å²) in [6, 6.07) is 3.94. The maximum absolute atomic E-state index is 13.0. The third kappa shape index (κ3) is 3.43. The molecule has 0 aliphatic heterocycles. The van der Waals surface area contributed by atoms with E-state index in [9.17, 15) is 14.6 Å². The van der Waals surface area contributed by atoms with Gasteiger partial charge in [-0.25, -0.2) is 4.39 Å². The number of aliphatic hydroxyl groups excluding tert-OH is 1. The monoisotopic (exact) mass is 253 g/mol. The lowest BCUT2D eigenvalue weighted by Gasteiger charge is -2.27. The zero-order valence-corrected chi connectivity index (χ0v) is 10.4. The number of rotatable bonds is 4. The molecule has 0 radical (unpaired) electrons. The predicted molar refractivity (Wildman–Crippen MR) is 67.7 cm³/mol. The lowest BCUT2D eigenvalue weighted by atomic mass is 9.86. The van der Waals surface area contributed by atoms with Crippen molar-refractivity contribution in [2.75, 3.05) is 6.54 Å². The van der Waals surface area contributed by atoms with Crippen LogP contribution in [-0.2, 0) is 6.54 Å². The van der Waals surface area contributed by atoms with Gasteiger partial charge < -0.3 is 15.5 Å². The summed E-state index contributed by atoms with van der Waals surface area (Å²) >= 11 is 0. The average Bonchev–Trinajstić information content (AvgIpc) is 2.36. The molecular formula is C14H20FNO2. The number of aliphatic hydroxyl groups is 1. The number of benzene rings is 1. The van der Waals surface area contributed by atoms with Gasteiger partial charge in [0.1, 0.15) is 11.6 Å². The van der Waals surface area contributed by atoms with Crippen molar-refractivity contribution in [3.8, 4) is 5.75 Å². The number of nitrogens with one attached hydrogen (secondary N) is 1. The molecular weight excluding hydrogens is 233 g/mol. The second kappa shape index (κ2) is 6.16. The molecule has 1 fully saturated rings. The molecule has 0 bridgehead atoms. The van der Waals surface area contributed by atoms with Crippen molar-refractivity contribution < 1.29 is 14.6 Å². The summed E-state index contributed by atoms with van der Waals surface area (Å²) in [4.78, 5) is 0. The first-order valence-corrected chi connectivity index (χ1v) is 6.53. The number of halogens is 1. The number of aromatic hydroxyl groups is 1. The fourth-order valence-electron chi connectivity index (χ4n) is 2.51. The Hall–Kier alpha value is -1.13. The molecule has 4 heteroatoms. The van der Waals surface area contributed by atoms with Crippen LogP contribution in [-0.4, -0.2) is 22.9 Å². The van der Waals surface area contributed by atoms with E-state index in [0.717, 1.165) is 25.7 Å². The van der Waals surface area contributed by atoms with E-state index in [1.165, 1.54) is 18.2 Å². The van der Waals surface area contributed by atoms with Crippen LogP contribution in [0.2, 0.25) is 0 Å². The molecule has 0 aromatic heterocycles. The van der Waals surface area contributed by atoms with E-state index in [4.69, 9.17) is 0 Å². The van der Waals surface area contributed by atoms with Crippen molar-refractivity contribution in [3.63, 3.8) is 0 Å². The van der Waals surface area contributed by atoms with E-state index < -0.39 is 0 Å². The van der Waals surface area contributed by atoms with Crippen LogP contribution < -0.4 is 5.32 Å². The molecule has 18 heavy (non-hydrogen) atoms. The Labute approximate surface area is 107 Å². The zero-order chi connectivity index (χ0) is 13.0. The first-order valence-electron chi connectivity index (χ1n) is 6.53. The third-order valence-corrected chi connectivity index (χ3v) is 3.63. The van der Waals surface area contributed by atoms with E-state index >= 15 is 0 Å². The van der Waals surface area contributed by atoms with Gasteiger partial charge in [0, 0.05) is 18.7 Å². The minimum Gasteiger partial charge on any atom is -0.508 e. The van der Waals surface area contributed by atoms with Crippen LogP contribution in [0.4, 0.5) is 4.39 Å². The molecule has 0 heterocycles. The number of hydrogen-bond acceptors (Lipinski definition) is 3. The van der Waals surface area contributed by atoms with Gasteiger partial charge in [-0.05, 0) is 37.0 Å². The first kappa shape index (κ1) is 13.3. The predicted octanol–water partition coefficient (Wildman–Crippen LogP) is 2.17. The van der Waals surface area contributed by atoms with Crippen LogP contribution in [0.3, 0.4) is 0 Å². The normalized spacial score (nSPS) is 24.1. The highest BCUT2D eigenvalue weighted by atomic mass is 19.1. The van der Waals surface area contributed by atoms with Crippen LogP contribution >= 0.6 is 0 Å². The molecule has 0 saturated heterocycles. The van der Waals surface area contributed by atoms with Gasteiger partial charge in [-0.2, -0.15) is 0 Å². The fourth-order valence-corrected chi connectivity index (χ4v) is 2.51. The molecule has 1 aromatic carbocycles. The SMILES string of the molecule is Oc1ccc(F)cc1CNCC1CCCCC1O. The Morgan fingerprint density at radius 2 is 2.06 bits per heavy atom. The molecule has 2 atom stereocenters. The van der Waals surface area contributed by atoms with Crippen LogP contribution in [0, 0.1) is 11.7 Å². The molecule has 1 aliphatic carbocycles. The summed E-state index contributed by atoms with van der Waals surface area (Å²) in [5.41, 5.74) is 0.556. The van der Waals surface area contributed by atoms with Gasteiger partial charge in [0.05, 0.1) is 6.10 Å². The number of hydrogen-bond donors (Lipinski definition) is 3. The summed E-state index contributed by atoms with van der Waals surface area (Å²) in [6.07, 6.45) is 3.94. The molecule has 0 spiro atoms. The number of phenols is 1. The minimum absolute atomic E-state index is 0.105. The molecule has 1 aliphatic rings. The van der Waals surface area contributed by atoms with Crippen LogP contribution in [0.5, 0.6) is 5.75 Å². The highest BCUT2D eigenvalue weighted by Crippen LogP contribution is 2.24. The Morgan fingerprint density at radius 3 is 2.83 bits per heavy atom. The van der Waals surface area contributed by atoms with Gasteiger partial charge in [0.15, 0.2) is 0 Å². The van der Waals surface area contributed by atoms with Gasteiger partial charge in [-0.15, -0.1) is 0 Å². The van der Waals surface area contributed by atoms with Crippen LogP contribution in [0.25, 0.3) is 0 Å². The molecule has 1 saturated carbocycles. The van der Waals surface area contributed by atoms with Crippen molar-refractivity contribution in [2.45, 2.75) is 38.3 Å². The minimum atomic E-state index is -0.345. The maximum atomic E-state index is 13.0.